The Morgan fingerprint density at radius 1 is 0.328 bits per heavy atom. The van der Waals surface area contributed by atoms with E-state index < -0.39 is 6.10 Å². The summed E-state index contributed by atoms with van der Waals surface area (Å²) in [5.41, 5.74) is 0. The van der Waals surface area contributed by atoms with Crippen molar-refractivity contribution in [2.45, 2.75) is 252 Å². The summed E-state index contributed by atoms with van der Waals surface area (Å²) < 4.78 is 16.8. The first-order chi connectivity index (χ1) is 31.5. The van der Waals surface area contributed by atoms with Gasteiger partial charge in [0.2, 0.25) is 0 Å². The van der Waals surface area contributed by atoms with Crippen molar-refractivity contribution in [3.05, 3.63) is 85.1 Å². The van der Waals surface area contributed by atoms with Crippen LogP contribution < -0.4 is 0 Å². The Morgan fingerprint density at radius 3 is 1.05 bits per heavy atom. The van der Waals surface area contributed by atoms with Crippen molar-refractivity contribution < 1.29 is 28.6 Å². The van der Waals surface area contributed by atoms with Crippen molar-refractivity contribution in [3.8, 4) is 0 Å². The monoisotopic (exact) mass is 891 g/mol. The zero-order chi connectivity index (χ0) is 46.5. The fraction of sp³-hybridized carbons (Fsp3) is 0.707. The molecule has 0 spiro atoms. The summed E-state index contributed by atoms with van der Waals surface area (Å²) in [6.45, 7) is 6.43. The molecule has 0 amide bonds. The molecular formula is C58H98O6. The van der Waals surface area contributed by atoms with Gasteiger partial charge in [0.1, 0.15) is 13.2 Å². The van der Waals surface area contributed by atoms with Crippen molar-refractivity contribution >= 4 is 17.9 Å². The molecule has 366 valence electrons. The number of hydrogen-bond donors (Lipinski definition) is 0. The molecule has 0 aliphatic carbocycles. The SMILES string of the molecule is CC/C=C\C/C=C\C/C=C\C/C=C\CCCCC(=O)OC(COC(=O)CCCCCCC/C=C\C/C=C\CCCC)COC(=O)CCCCCCCCC/C=C\CCCCCCCC. The molecule has 0 rings (SSSR count). The Hall–Kier alpha value is -3.41. The smallest absolute Gasteiger partial charge is 0.306 e. The van der Waals surface area contributed by atoms with Gasteiger partial charge in [-0.25, -0.2) is 0 Å². The molecule has 0 heterocycles. The van der Waals surface area contributed by atoms with Gasteiger partial charge in [0.05, 0.1) is 0 Å². The zero-order valence-corrected chi connectivity index (χ0v) is 41.8. The van der Waals surface area contributed by atoms with E-state index in [9.17, 15) is 14.4 Å². The van der Waals surface area contributed by atoms with Gasteiger partial charge in [-0.15, -0.1) is 0 Å². The predicted octanol–water partition coefficient (Wildman–Crippen LogP) is 17.6. The molecule has 0 N–H and O–H groups in total. The van der Waals surface area contributed by atoms with Crippen LogP contribution in [-0.4, -0.2) is 37.2 Å². The van der Waals surface area contributed by atoms with Crippen molar-refractivity contribution in [1.29, 1.82) is 0 Å². The van der Waals surface area contributed by atoms with Gasteiger partial charge in [-0.05, 0) is 109 Å². The van der Waals surface area contributed by atoms with Crippen molar-refractivity contribution in [3.63, 3.8) is 0 Å². The quantitative estimate of drug-likeness (QED) is 0.0262. The Labute approximate surface area is 395 Å². The van der Waals surface area contributed by atoms with E-state index in [2.05, 4.69) is 106 Å². The Balaban J connectivity index is 4.47. The summed E-state index contributed by atoms with van der Waals surface area (Å²) in [6, 6.07) is 0. The largest absolute Gasteiger partial charge is 0.462 e. The van der Waals surface area contributed by atoms with Gasteiger partial charge in [0, 0.05) is 19.3 Å². The first-order valence-electron chi connectivity index (χ1n) is 26.6. The number of ether oxygens (including phenoxy) is 3. The van der Waals surface area contributed by atoms with Crippen LogP contribution in [-0.2, 0) is 28.6 Å². The lowest BCUT2D eigenvalue weighted by Gasteiger charge is -2.18. The number of allylic oxidation sites excluding steroid dienone is 14. The zero-order valence-electron chi connectivity index (χ0n) is 41.8. The van der Waals surface area contributed by atoms with E-state index in [-0.39, 0.29) is 37.5 Å². The summed E-state index contributed by atoms with van der Waals surface area (Å²) in [7, 11) is 0. The third-order valence-corrected chi connectivity index (χ3v) is 11.1. The first kappa shape index (κ1) is 60.6. The lowest BCUT2D eigenvalue weighted by molar-refractivity contribution is -0.167. The van der Waals surface area contributed by atoms with Crippen LogP contribution in [0.1, 0.15) is 245 Å². The molecule has 0 saturated carbocycles. The minimum absolute atomic E-state index is 0.100. The Bertz CT molecular complexity index is 1250. The minimum atomic E-state index is -0.806. The van der Waals surface area contributed by atoms with Gasteiger partial charge >= 0.3 is 17.9 Å². The number of carbonyl (C=O) groups is 3. The molecule has 6 nitrogen and oxygen atoms in total. The van der Waals surface area contributed by atoms with E-state index in [1.807, 2.05) is 0 Å². The molecule has 0 aliphatic rings. The second-order valence-electron chi connectivity index (χ2n) is 17.4. The van der Waals surface area contributed by atoms with E-state index in [4.69, 9.17) is 14.2 Å². The summed E-state index contributed by atoms with van der Waals surface area (Å²) in [5, 5.41) is 0. The highest BCUT2D eigenvalue weighted by molar-refractivity contribution is 5.71. The third kappa shape index (κ3) is 49.6. The van der Waals surface area contributed by atoms with Crippen molar-refractivity contribution in [2.24, 2.45) is 0 Å². The van der Waals surface area contributed by atoms with E-state index in [1.165, 1.54) is 96.3 Å². The molecule has 1 atom stereocenters. The highest BCUT2D eigenvalue weighted by Gasteiger charge is 2.19. The van der Waals surface area contributed by atoms with Crippen LogP contribution in [0.4, 0.5) is 0 Å². The molecule has 6 heteroatoms. The highest BCUT2D eigenvalue weighted by atomic mass is 16.6. The second-order valence-corrected chi connectivity index (χ2v) is 17.4. The van der Waals surface area contributed by atoms with Crippen LogP contribution in [0.5, 0.6) is 0 Å². The van der Waals surface area contributed by atoms with Crippen molar-refractivity contribution in [2.75, 3.05) is 13.2 Å². The van der Waals surface area contributed by atoms with E-state index in [0.29, 0.717) is 19.3 Å². The number of carbonyl (C=O) groups excluding carboxylic acids is 3. The number of unbranched alkanes of at least 4 members (excludes halogenated alkanes) is 22. The van der Waals surface area contributed by atoms with Gasteiger partial charge in [-0.1, -0.05) is 202 Å². The first-order valence-corrected chi connectivity index (χ1v) is 26.6. The predicted molar refractivity (Wildman–Crippen MR) is 274 cm³/mol. The van der Waals surface area contributed by atoms with Crippen molar-refractivity contribution in [1.82, 2.24) is 0 Å². The van der Waals surface area contributed by atoms with Crippen LogP contribution >= 0.6 is 0 Å². The summed E-state index contributed by atoms with van der Waals surface area (Å²) in [4.78, 5) is 38.0. The number of rotatable bonds is 47. The molecule has 0 fully saturated rings. The normalized spacial score (nSPS) is 12.7. The highest BCUT2D eigenvalue weighted by Crippen LogP contribution is 2.14. The van der Waals surface area contributed by atoms with Crippen LogP contribution in [0.2, 0.25) is 0 Å². The molecule has 64 heavy (non-hydrogen) atoms. The van der Waals surface area contributed by atoms with Gasteiger partial charge in [-0.2, -0.15) is 0 Å². The van der Waals surface area contributed by atoms with Gasteiger partial charge < -0.3 is 14.2 Å². The number of esters is 3. The maximum absolute atomic E-state index is 12.8. The van der Waals surface area contributed by atoms with Crippen LogP contribution in [0.15, 0.2) is 85.1 Å². The molecule has 0 aromatic heterocycles. The summed E-state index contributed by atoms with van der Waals surface area (Å²) in [5.74, 6) is -0.960. The second kappa shape index (κ2) is 52.2. The lowest BCUT2D eigenvalue weighted by Crippen LogP contribution is -2.30. The average Bonchev–Trinajstić information content (AvgIpc) is 3.29. The standard InChI is InChI=1S/C58H98O6/c1-4-7-10-13-16-19-22-25-28-29-31-33-36-39-42-45-48-51-57(60)63-54-55(53-62-56(59)50-47-44-41-38-35-32-27-24-21-18-15-12-9-6-3)64-58(61)52-49-46-43-40-37-34-30-26-23-20-17-14-11-8-5-2/h8,11,15,17-18,20,24-28,30,37,40,55H,4-7,9-10,12-14,16,19,21-23,29,31-36,38-39,41-54H2,1-3H3/b11-8-,18-15-,20-17-,27-24-,28-25-,30-26-,40-37-. The number of hydrogen-bond acceptors (Lipinski definition) is 6. The molecule has 0 saturated heterocycles. The molecular weight excluding hydrogens is 793 g/mol. The molecule has 0 bridgehead atoms. The Kier molecular flexibility index (Phi) is 49.4. The molecule has 0 aliphatic heterocycles. The average molecular weight is 891 g/mol. The molecule has 0 aromatic carbocycles. The Morgan fingerprint density at radius 2 is 0.625 bits per heavy atom. The van der Waals surface area contributed by atoms with Crippen LogP contribution in [0.25, 0.3) is 0 Å². The van der Waals surface area contributed by atoms with Crippen LogP contribution in [0, 0.1) is 0 Å². The molecule has 0 radical (unpaired) electrons. The fourth-order valence-corrected chi connectivity index (χ4v) is 7.09. The van der Waals surface area contributed by atoms with E-state index >= 15 is 0 Å². The maximum Gasteiger partial charge on any atom is 0.306 e. The topological polar surface area (TPSA) is 78.9 Å². The molecule has 0 aromatic rings. The lowest BCUT2D eigenvalue weighted by atomic mass is 10.1. The van der Waals surface area contributed by atoms with E-state index in [0.717, 1.165) is 103 Å². The minimum Gasteiger partial charge on any atom is -0.462 e. The van der Waals surface area contributed by atoms with Gasteiger partial charge in [0.25, 0.3) is 0 Å². The summed E-state index contributed by atoms with van der Waals surface area (Å²) in [6.07, 6.45) is 67.1. The van der Waals surface area contributed by atoms with Gasteiger partial charge in [0.15, 0.2) is 6.10 Å². The maximum atomic E-state index is 12.8. The van der Waals surface area contributed by atoms with Gasteiger partial charge in [-0.3, -0.25) is 14.4 Å². The van der Waals surface area contributed by atoms with Crippen LogP contribution in [0.3, 0.4) is 0 Å². The molecule has 1 unspecified atom stereocenters. The third-order valence-electron chi connectivity index (χ3n) is 11.1. The van der Waals surface area contributed by atoms with E-state index in [1.54, 1.807) is 0 Å². The fourth-order valence-electron chi connectivity index (χ4n) is 7.09. The summed E-state index contributed by atoms with van der Waals surface area (Å²) >= 11 is 0.